The second-order valence-corrected chi connectivity index (χ2v) is 12.9. The number of fused-ring (bicyclic) bond motifs is 1. The summed E-state index contributed by atoms with van der Waals surface area (Å²) in [5, 5.41) is 0.632. The lowest BCUT2D eigenvalue weighted by Gasteiger charge is -2.34. The van der Waals surface area contributed by atoms with E-state index in [2.05, 4.69) is 4.72 Å². The Bertz CT molecular complexity index is 1040. The second kappa shape index (κ2) is 12.8. The molecule has 202 valence electrons. The van der Waals surface area contributed by atoms with Crippen molar-refractivity contribution in [2.45, 2.75) is 76.7 Å². The van der Waals surface area contributed by atoms with E-state index >= 15 is 0 Å². The van der Waals surface area contributed by atoms with Gasteiger partial charge in [-0.2, -0.15) is 0 Å². The predicted molar refractivity (Wildman–Crippen MR) is 146 cm³/mol. The average Bonchev–Trinajstić information content (AvgIpc) is 2.89. The van der Waals surface area contributed by atoms with Crippen LogP contribution in [0.3, 0.4) is 0 Å². The molecule has 37 heavy (non-hydrogen) atoms. The fourth-order valence-electron chi connectivity index (χ4n) is 4.52. The second-order valence-electron chi connectivity index (χ2n) is 10.5. The average molecular weight is 549 g/mol. The minimum atomic E-state index is -1.30. The van der Waals surface area contributed by atoms with Crippen molar-refractivity contribution in [2.24, 2.45) is 0 Å². The van der Waals surface area contributed by atoms with E-state index in [9.17, 15) is 9.35 Å². The number of nitrogens with one attached hydrogen (secondary N) is 1. The van der Waals surface area contributed by atoms with E-state index in [4.69, 9.17) is 25.8 Å². The Morgan fingerprint density at radius 2 is 1.97 bits per heavy atom. The van der Waals surface area contributed by atoms with Crippen molar-refractivity contribution < 1.29 is 23.6 Å². The van der Waals surface area contributed by atoms with E-state index in [0.717, 1.165) is 28.7 Å². The zero-order valence-corrected chi connectivity index (χ0v) is 23.4. The third kappa shape index (κ3) is 7.85. The molecule has 2 aliphatic rings. The summed E-state index contributed by atoms with van der Waals surface area (Å²) in [5.74, 6) is 0. The summed E-state index contributed by atoms with van der Waals surface area (Å²) in [6.07, 6.45) is 2.25. The minimum absolute atomic E-state index is 0.229. The van der Waals surface area contributed by atoms with Crippen LogP contribution in [0.15, 0.2) is 42.5 Å². The summed E-state index contributed by atoms with van der Waals surface area (Å²) < 4.78 is 33.2. The van der Waals surface area contributed by atoms with Gasteiger partial charge >= 0.3 is 6.09 Å². The van der Waals surface area contributed by atoms with Gasteiger partial charge in [-0.15, -0.1) is 4.72 Å². The van der Waals surface area contributed by atoms with Gasteiger partial charge in [0.1, 0.15) is 11.4 Å². The molecule has 0 saturated carbocycles. The van der Waals surface area contributed by atoms with Crippen molar-refractivity contribution in [3.05, 3.63) is 69.7 Å². The van der Waals surface area contributed by atoms with Crippen LogP contribution < -0.4 is 4.72 Å². The lowest BCUT2D eigenvalue weighted by Crippen LogP contribution is -2.42. The lowest BCUT2D eigenvalue weighted by atomic mass is 9.90. The molecule has 0 radical (unpaired) electrons. The van der Waals surface area contributed by atoms with Gasteiger partial charge in [0.2, 0.25) is 0 Å². The molecule has 1 saturated heterocycles. The number of hydrogen-bond donors (Lipinski definition) is 1. The van der Waals surface area contributed by atoms with Crippen LogP contribution in [0.4, 0.5) is 4.79 Å². The summed E-state index contributed by atoms with van der Waals surface area (Å²) in [4.78, 5) is 14.7. The molecule has 1 N–H and O–H groups in total. The maximum atomic E-state index is 13.2. The van der Waals surface area contributed by atoms with Gasteiger partial charge in [0.15, 0.2) is 6.29 Å². The molecular formula is C28H37ClN2O5S. The Morgan fingerprint density at radius 3 is 2.68 bits per heavy atom. The normalized spacial score (nSPS) is 18.2. The Morgan fingerprint density at radius 1 is 1.24 bits per heavy atom. The molecule has 7 nitrogen and oxygen atoms in total. The van der Waals surface area contributed by atoms with Crippen molar-refractivity contribution in [3.63, 3.8) is 0 Å². The minimum Gasteiger partial charge on any atom is -0.598 e. The largest absolute Gasteiger partial charge is 0.598 e. The molecule has 0 bridgehead atoms. The molecule has 1 fully saturated rings. The molecule has 0 aliphatic carbocycles. The first-order valence-electron chi connectivity index (χ1n) is 12.9. The van der Waals surface area contributed by atoms with Crippen molar-refractivity contribution in [2.75, 3.05) is 19.8 Å². The lowest BCUT2D eigenvalue weighted by molar-refractivity contribution is -0.182. The summed E-state index contributed by atoms with van der Waals surface area (Å²) in [6.45, 7) is 8.39. The number of halogens is 1. The van der Waals surface area contributed by atoms with Gasteiger partial charge in [0, 0.05) is 35.9 Å². The van der Waals surface area contributed by atoms with Crippen LogP contribution in [0.1, 0.15) is 68.3 Å². The van der Waals surface area contributed by atoms with Crippen LogP contribution in [-0.4, -0.2) is 46.3 Å². The molecule has 2 aromatic rings. The number of carbonyl (C=O) groups excluding carboxylic acids is 1. The van der Waals surface area contributed by atoms with Crippen LogP contribution in [-0.2, 0) is 45.1 Å². The molecule has 9 heteroatoms. The van der Waals surface area contributed by atoms with Gasteiger partial charge in [-0.1, -0.05) is 41.9 Å². The van der Waals surface area contributed by atoms with Gasteiger partial charge in [0.05, 0.1) is 19.3 Å². The molecule has 2 heterocycles. The SMILES string of the molecule is CC(C)(C)[S+]([O-])NC(CCC1OCCCO1)c1cc(Cl)cc2c1CN(C(=O)OCc1ccccc1)CC2. The number of amides is 1. The Hall–Kier alpha value is -1.81. The van der Waals surface area contributed by atoms with Gasteiger partial charge in [0.25, 0.3) is 0 Å². The van der Waals surface area contributed by atoms with Crippen molar-refractivity contribution in [3.8, 4) is 0 Å². The summed E-state index contributed by atoms with van der Waals surface area (Å²) >= 11 is 5.26. The fraction of sp³-hybridized carbons (Fsp3) is 0.536. The maximum absolute atomic E-state index is 13.2. The van der Waals surface area contributed by atoms with Crippen LogP contribution in [0.5, 0.6) is 0 Å². The topological polar surface area (TPSA) is 83.1 Å². The van der Waals surface area contributed by atoms with Crippen LogP contribution in [0, 0.1) is 0 Å². The fourth-order valence-corrected chi connectivity index (χ4v) is 5.63. The number of carbonyl (C=O) groups is 1. The molecule has 2 unspecified atom stereocenters. The van der Waals surface area contributed by atoms with Crippen LogP contribution in [0.25, 0.3) is 0 Å². The van der Waals surface area contributed by atoms with E-state index in [-0.39, 0.29) is 25.0 Å². The van der Waals surface area contributed by atoms with E-state index < -0.39 is 16.1 Å². The maximum Gasteiger partial charge on any atom is 0.410 e. The zero-order chi connectivity index (χ0) is 26.4. The molecule has 1 amide bonds. The first-order valence-corrected chi connectivity index (χ1v) is 14.4. The van der Waals surface area contributed by atoms with Gasteiger partial charge in [-0.25, -0.2) is 4.79 Å². The molecule has 2 atom stereocenters. The number of rotatable bonds is 8. The molecule has 0 spiro atoms. The van der Waals surface area contributed by atoms with Crippen LogP contribution >= 0.6 is 11.6 Å². The molecule has 2 aliphatic heterocycles. The highest BCUT2D eigenvalue weighted by Gasteiger charge is 2.33. The van der Waals surface area contributed by atoms with E-state index in [1.807, 2.05) is 63.2 Å². The smallest absolute Gasteiger partial charge is 0.410 e. The van der Waals surface area contributed by atoms with Crippen molar-refractivity contribution >= 4 is 29.1 Å². The highest BCUT2D eigenvalue weighted by Crippen LogP contribution is 2.34. The predicted octanol–water partition coefficient (Wildman–Crippen LogP) is 5.67. The number of benzene rings is 2. The molecule has 2 aromatic carbocycles. The molecule has 0 aromatic heterocycles. The Labute approximate surface area is 228 Å². The summed E-state index contributed by atoms with van der Waals surface area (Å²) in [5.41, 5.74) is 4.03. The standard InChI is InChI=1S/C28H37ClN2O5S/c1-28(2,3)37(33)30-25(10-11-26-34-14-7-15-35-26)23-17-22(29)16-21-12-13-31(18-24(21)23)27(32)36-19-20-8-5-4-6-9-20/h4-6,8-9,16-17,25-26,30H,7,10-15,18-19H2,1-3H3. The monoisotopic (exact) mass is 548 g/mol. The summed E-state index contributed by atoms with van der Waals surface area (Å²) in [6, 6.07) is 13.3. The molecular weight excluding hydrogens is 512 g/mol. The third-order valence-corrected chi connectivity index (χ3v) is 8.40. The number of ether oxygens (including phenoxy) is 3. The van der Waals surface area contributed by atoms with Gasteiger partial charge < -0.3 is 23.7 Å². The van der Waals surface area contributed by atoms with E-state index in [0.29, 0.717) is 50.6 Å². The third-order valence-electron chi connectivity index (χ3n) is 6.57. The van der Waals surface area contributed by atoms with Crippen molar-refractivity contribution in [1.29, 1.82) is 0 Å². The highest BCUT2D eigenvalue weighted by molar-refractivity contribution is 7.90. The number of nitrogens with zero attached hydrogens (tertiary/aromatic N) is 1. The number of hydrogen-bond acceptors (Lipinski definition) is 6. The molecule has 4 rings (SSSR count). The first-order chi connectivity index (χ1) is 17.7. The Kier molecular flexibility index (Phi) is 9.78. The highest BCUT2D eigenvalue weighted by atomic mass is 35.5. The first kappa shape index (κ1) is 28.2. The zero-order valence-electron chi connectivity index (χ0n) is 21.8. The van der Waals surface area contributed by atoms with Gasteiger partial charge in [-0.3, -0.25) is 0 Å². The summed E-state index contributed by atoms with van der Waals surface area (Å²) in [7, 11) is 0. The van der Waals surface area contributed by atoms with Crippen molar-refractivity contribution in [1.82, 2.24) is 9.62 Å². The van der Waals surface area contributed by atoms with E-state index in [1.54, 1.807) is 4.90 Å². The quantitative estimate of drug-likeness (QED) is 0.428. The van der Waals surface area contributed by atoms with E-state index in [1.165, 1.54) is 0 Å². The Balaban J connectivity index is 1.54. The van der Waals surface area contributed by atoms with Gasteiger partial charge in [-0.05, 0) is 74.4 Å². The van der Waals surface area contributed by atoms with Crippen LogP contribution in [0.2, 0.25) is 5.02 Å².